The Morgan fingerprint density at radius 3 is 2.49 bits per heavy atom. The molecule has 5 unspecified atom stereocenters. The SMILES string of the molecule is COc1cccc2c1C(=O)c1c(O)c3c(c(O)c1C2=O)C[C@@](O)(C(C=O)NNC(=O)CCC(C)=O)C[C@@H]3OC1CC(N)C(O)C(C)O1. The van der Waals surface area contributed by atoms with Crippen LogP contribution in [-0.4, -0.2) is 93.3 Å². The number of fused-ring (bicyclic) bond motifs is 3. The molecule has 252 valence electrons. The number of aliphatic hydroxyl groups excluding tert-OH is 1. The molecule has 47 heavy (non-hydrogen) atoms. The van der Waals surface area contributed by atoms with Gasteiger partial charge in [-0.1, -0.05) is 12.1 Å². The Bertz CT molecular complexity index is 1630. The maximum atomic E-state index is 13.9. The number of amides is 1. The van der Waals surface area contributed by atoms with E-state index in [4.69, 9.17) is 19.9 Å². The number of carbonyl (C=O) groups is 5. The minimum Gasteiger partial charge on any atom is -0.507 e. The number of ketones is 3. The van der Waals surface area contributed by atoms with E-state index in [1.807, 2.05) is 0 Å². The van der Waals surface area contributed by atoms with Gasteiger partial charge in [-0.3, -0.25) is 19.8 Å². The normalized spacial score (nSPS) is 27.2. The molecule has 1 fully saturated rings. The van der Waals surface area contributed by atoms with E-state index >= 15 is 0 Å². The summed E-state index contributed by atoms with van der Waals surface area (Å²) < 4.78 is 17.3. The highest BCUT2D eigenvalue weighted by molar-refractivity contribution is 6.31. The van der Waals surface area contributed by atoms with Crippen LogP contribution >= 0.6 is 0 Å². The highest BCUT2D eigenvalue weighted by atomic mass is 16.7. The number of ether oxygens (including phenoxy) is 3. The third-order valence-corrected chi connectivity index (χ3v) is 8.96. The topological polar surface area (TPSA) is 244 Å². The molecule has 1 saturated heterocycles. The lowest BCUT2D eigenvalue weighted by atomic mass is 9.71. The fraction of sp³-hybridized carbons (Fsp3) is 0.469. The van der Waals surface area contributed by atoms with Gasteiger partial charge in [0.1, 0.15) is 35.4 Å². The molecule has 15 heteroatoms. The maximum Gasteiger partial charge on any atom is 0.234 e. The minimum absolute atomic E-state index is 0.0169. The summed E-state index contributed by atoms with van der Waals surface area (Å²) in [6, 6.07) is 2.04. The summed E-state index contributed by atoms with van der Waals surface area (Å²) >= 11 is 0. The molecule has 5 rings (SSSR count). The van der Waals surface area contributed by atoms with E-state index in [1.54, 1.807) is 6.92 Å². The number of rotatable bonds is 10. The summed E-state index contributed by atoms with van der Waals surface area (Å²) in [6.07, 6.45) is -5.18. The Balaban J connectivity index is 1.60. The molecule has 8 N–H and O–H groups in total. The molecule has 0 spiro atoms. The Morgan fingerprint density at radius 1 is 1.15 bits per heavy atom. The molecule has 0 bridgehead atoms. The molecule has 3 aliphatic rings. The number of benzene rings is 2. The number of phenols is 2. The predicted molar refractivity (Wildman–Crippen MR) is 161 cm³/mol. The average Bonchev–Trinajstić information content (AvgIpc) is 3.02. The number of Topliss-reactive ketones (excluding diaryl/α,β-unsaturated/α-hetero) is 1. The number of aliphatic hydroxyl groups is 2. The van der Waals surface area contributed by atoms with Crippen LogP contribution < -0.4 is 21.3 Å². The highest BCUT2D eigenvalue weighted by Gasteiger charge is 2.50. The van der Waals surface area contributed by atoms with Crippen molar-refractivity contribution in [3.63, 3.8) is 0 Å². The number of hydrogen-bond donors (Lipinski definition) is 7. The number of methoxy groups -OCH3 is 1. The Hall–Kier alpha value is -4.25. The minimum atomic E-state index is -2.13. The zero-order chi connectivity index (χ0) is 34.4. The molecule has 1 amide bonds. The predicted octanol–water partition coefficient (Wildman–Crippen LogP) is -0.00260. The monoisotopic (exact) mass is 655 g/mol. The summed E-state index contributed by atoms with van der Waals surface area (Å²) in [5, 5.41) is 45.6. The van der Waals surface area contributed by atoms with Crippen molar-refractivity contribution < 1.29 is 58.6 Å². The van der Waals surface area contributed by atoms with Crippen LogP contribution in [0.15, 0.2) is 18.2 Å². The van der Waals surface area contributed by atoms with Crippen LogP contribution in [0.3, 0.4) is 0 Å². The fourth-order valence-corrected chi connectivity index (χ4v) is 6.46. The van der Waals surface area contributed by atoms with Crippen molar-refractivity contribution >= 4 is 29.5 Å². The number of hydrazine groups is 1. The molecule has 0 radical (unpaired) electrons. The smallest absolute Gasteiger partial charge is 0.234 e. The standard InChI is InChI=1S/C32H37N3O12/c1-13(37)7-8-21(38)35-34-20(12-36)32(44)10-16-24(19(11-32)47-22-9-17(33)27(39)14(2)46-22)31(43)26-25(29(16)41)28(40)15-5-4-6-18(45-3)23(15)30(26)42/h4-6,12,14,17,19-20,22,27,34,39,41,43-44H,7-11,33H2,1-3H3,(H,35,38)/t14?,17?,19-,20?,22?,27?,32-/m0/s1. The van der Waals surface area contributed by atoms with Crippen LogP contribution in [0.4, 0.5) is 0 Å². The summed E-state index contributed by atoms with van der Waals surface area (Å²) in [5.74, 6) is -3.77. The number of nitrogens with two attached hydrogens (primary N) is 1. The number of aromatic hydroxyl groups is 2. The van der Waals surface area contributed by atoms with E-state index in [-0.39, 0.29) is 53.0 Å². The molecule has 2 aromatic carbocycles. The Kier molecular flexibility index (Phi) is 9.50. The van der Waals surface area contributed by atoms with E-state index in [9.17, 15) is 44.4 Å². The lowest BCUT2D eigenvalue weighted by Crippen LogP contribution is -2.60. The molecule has 2 aromatic rings. The van der Waals surface area contributed by atoms with Gasteiger partial charge in [-0.15, -0.1) is 0 Å². The van der Waals surface area contributed by atoms with E-state index in [0.717, 1.165) is 0 Å². The van der Waals surface area contributed by atoms with Gasteiger partial charge in [0.2, 0.25) is 11.7 Å². The summed E-state index contributed by atoms with van der Waals surface area (Å²) in [7, 11) is 1.31. The van der Waals surface area contributed by atoms with Crippen LogP contribution in [-0.2, 0) is 30.3 Å². The summed E-state index contributed by atoms with van der Waals surface area (Å²) in [6.45, 7) is 2.89. The first-order valence-electron chi connectivity index (χ1n) is 15.0. The number of carbonyl (C=O) groups excluding carboxylic acids is 5. The molecule has 0 saturated carbocycles. The van der Waals surface area contributed by atoms with Gasteiger partial charge in [0, 0.05) is 54.8 Å². The van der Waals surface area contributed by atoms with Gasteiger partial charge in [-0.25, -0.2) is 5.43 Å². The van der Waals surface area contributed by atoms with Crippen molar-refractivity contribution in [2.45, 2.75) is 88.2 Å². The summed E-state index contributed by atoms with van der Waals surface area (Å²) in [4.78, 5) is 63.5. The van der Waals surface area contributed by atoms with Crippen molar-refractivity contribution in [3.8, 4) is 17.2 Å². The van der Waals surface area contributed by atoms with Crippen LogP contribution in [0.2, 0.25) is 0 Å². The van der Waals surface area contributed by atoms with Gasteiger partial charge in [0.15, 0.2) is 12.1 Å². The van der Waals surface area contributed by atoms with E-state index in [1.165, 1.54) is 32.2 Å². The molecule has 7 atom stereocenters. The molecule has 15 nitrogen and oxygen atoms in total. The lowest BCUT2D eigenvalue weighted by Gasteiger charge is -2.44. The second-order valence-electron chi connectivity index (χ2n) is 12.2. The molecule has 2 aliphatic carbocycles. The van der Waals surface area contributed by atoms with Crippen molar-refractivity contribution in [2.75, 3.05) is 7.11 Å². The maximum absolute atomic E-state index is 13.9. The van der Waals surface area contributed by atoms with E-state index < -0.39 is 95.2 Å². The first-order valence-corrected chi connectivity index (χ1v) is 15.0. The van der Waals surface area contributed by atoms with E-state index in [0.29, 0.717) is 6.29 Å². The second kappa shape index (κ2) is 13.1. The molecular weight excluding hydrogens is 618 g/mol. The van der Waals surface area contributed by atoms with Gasteiger partial charge in [-0.05, 0) is 19.9 Å². The van der Waals surface area contributed by atoms with Crippen LogP contribution in [0.25, 0.3) is 0 Å². The van der Waals surface area contributed by atoms with Gasteiger partial charge < -0.3 is 50.0 Å². The number of phenolic OH excluding ortho intramolecular Hbond substituents is 2. The van der Waals surface area contributed by atoms with Gasteiger partial charge >= 0.3 is 0 Å². The van der Waals surface area contributed by atoms with Crippen molar-refractivity contribution in [1.29, 1.82) is 0 Å². The quantitative estimate of drug-likeness (QED) is 0.0864. The van der Waals surface area contributed by atoms with Crippen LogP contribution in [0.5, 0.6) is 17.2 Å². The van der Waals surface area contributed by atoms with E-state index in [2.05, 4.69) is 10.9 Å². The third kappa shape index (κ3) is 6.13. The van der Waals surface area contributed by atoms with Gasteiger partial charge in [0.05, 0.1) is 47.7 Å². The lowest BCUT2D eigenvalue weighted by molar-refractivity contribution is -0.248. The van der Waals surface area contributed by atoms with Crippen LogP contribution in [0, 0.1) is 0 Å². The molecule has 1 aliphatic heterocycles. The zero-order valence-electron chi connectivity index (χ0n) is 25.9. The molecule has 0 aromatic heterocycles. The number of hydrogen-bond acceptors (Lipinski definition) is 14. The number of nitrogens with one attached hydrogen (secondary N) is 2. The van der Waals surface area contributed by atoms with Crippen molar-refractivity contribution in [3.05, 3.63) is 51.6 Å². The molecular formula is C32H37N3O12. The van der Waals surface area contributed by atoms with Gasteiger partial charge in [0.25, 0.3) is 0 Å². The largest absolute Gasteiger partial charge is 0.507 e. The first-order chi connectivity index (χ1) is 22.2. The Labute approximate surface area is 269 Å². The van der Waals surface area contributed by atoms with Crippen LogP contribution in [0.1, 0.15) is 88.6 Å². The van der Waals surface area contributed by atoms with Crippen molar-refractivity contribution in [1.82, 2.24) is 10.9 Å². The van der Waals surface area contributed by atoms with Crippen molar-refractivity contribution in [2.24, 2.45) is 5.73 Å². The second-order valence-corrected chi connectivity index (χ2v) is 12.2. The first kappa shape index (κ1) is 34.1. The highest BCUT2D eigenvalue weighted by Crippen LogP contribution is 2.52. The fourth-order valence-electron chi connectivity index (χ4n) is 6.46. The zero-order valence-corrected chi connectivity index (χ0v) is 25.9. The Morgan fingerprint density at radius 2 is 1.85 bits per heavy atom. The van der Waals surface area contributed by atoms with Gasteiger partial charge in [-0.2, -0.15) is 0 Å². The average molecular weight is 656 g/mol. The molecule has 1 heterocycles. The third-order valence-electron chi connectivity index (χ3n) is 8.96. The number of aldehydes is 1. The summed E-state index contributed by atoms with van der Waals surface area (Å²) in [5.41, 5.74) is 7.23.